The van der Waals surface area contributed by atoms with Crippen molar-refractivity contribution < 1.29 is 14.4 Å². The van der Waals surface area contributed by atoms with Crippen LogP contribution in [0.15, 0.2) is 24.3 Å². The first kappa shape index (κ1) is 18.4. The summed E-state index contributed by atoms with van der Waals surface area (Å²) in [7, 11) is 1.79. The van der Waals surface area contributed by atoms with Crippen LogP contribution in [0.25, 0.3) is 0 Å². The van der Waals surface area contributed by atoms with Gasteiger partial charge in [-0.1, -0.05) is 24.6 Å². The number of fused-ring (bicyclic) bond motifs is 1. The molecule has 0 unspecified atom stereocenters. The zero-order chi connectivity index (χ0) is 18.5. The third-order valence-electron chi connectivity index (χ3n) is 5.36. The van der Waals surface area contributed by atoms with Crippen LogP contribution in [0, 0.1) is 0 Å². The number of anilines is 1. The minimum Gasteiger partial charge on any atom is -0.355 e. The van der Waals surface area contributed by atoms with Crippen LogP contribution >= 0.6 is 0 Å². The Bertz CT molecular complexity index is 689. The number of nitrogens with one attached hydrogen (secondary N) is 1. The lowest BCUT2D eigenvalue weighted by Crippen LogP contribution is -2.39. The largest absolute Gasteiger partial charge is 0.355 e. The van der Waals surface area contributed by atoms with Crippen LogP contribution in [-0.4, -0.2) is 49.3 Å². The van der Waals surface area contributed by atoms with Crippen molar-refractivity contribution in [1.82, 2.24) is 10.2 Å². The molecule has 0 saturated carbocycles. The second kappa shape index (κ2) is 8.34. The smallest absolute Gasteiger partial charge is 0.227 e. The van der Waals surface area contributed by atoms with Gasteiger partial charge in [-0.3, -0.25) is 14.4 Å². The highest BCUT2D eigenvalue weighted by atomic mass is 16.2. The van der Waals surface area contributed by atoms with Gasteiger partial charge in [-0.2, -0.15) is 0 Å². The van der Waals surface area contributed by atoms with Gasteiger partial charge in [0.15, 0.2) is 0 Å². The van der Waals surface area contributed by atoms with Crippen LogP contribution < -0.4 is 10.2 Å². The number of amides is 3. The summed E-state index contributed by atoms with van der Waals surface area (Å²) in [6.45, 7) is 1.68. The monoisotopic (exact) mass is 357 g/mol. The fraction of sp³-hybridized carbons (Fsp3) is 0.550. The summed E-state index contributed by atoms with van der Waals surface area (Å²) in [5.41, 5.74) is 2.01. The lowest BCUT2D eigenvalue weighted by Gasteiger charge is -2.31. The molecule has 2 aliphatic heterocycles. The number of nitrogens with zero attached hydrogens (tertiary/aromatic N) is 2. The summed E-state index contributed by atoms with van der Waals surface area (Å²) in [4.78, 5) is 39.9. The minimum atomic E-state index is -0.0640. The number of carbonyl (C=O) groups excluding carboxylic acids is 3. The van der Waals surface area contributed by atoms with E-state index in [4.69, 9.17) is 0 Å². The normalized spacial score (nSPS) is 20.6. The van der Waals surface area contributed by atoms with Crippen molar-refractivity contribution in [1.29, 1.82) is 0 Å². The molecule has 0 aromatic heterocycles. The van der Waals surface area contributed by atoms with E-state index in [1.807, 2.05) is 24.3 Å². The lowest BCUT2D eigenvalue weighted by atomic mass is 9.89. The molecule has 6 heteroatoms. The fourth-order valence-electron chi connectivity index (χ4n) is 3.75. The number of likely N-dealkylation sites (tertiary alicyclic amines) is 1. The van der Waals surface area contributed by atoms with Crippen molar-refractivity contribution in [3.63, 3.8) is 0 Å². The van der Waals surface area contributed by atoms with Crippen molar-refractivity contribution in [2.75, 3.05) is 31.6 Å². The standard InChI is InChI=1S/C20H27N3O3/c1-22-17-8-5-4-7-16(17)15(13-20(22)26)14-21-18(24)10-12-23-11-6-2-3-9-19(23)25/h4-5,7-8,15H,2-3,6,9-14H2,1H3,(H,21,24)/t15-/m1/s1. The molecule has 1 aromatic carbocycles. The SMILES string of the molecule is CN1C(=O)C[C@H](CNC(=O)CCN2CCCCCC2=O)c2ccccc21. The van der Waals surface area contributed by atoms with Crippen molar-refractivity contribution >= 4 is 23.4 Å². The maximum atomic E-state index is 12.2. The summed E-state index contributed by atoms with van der Waals surface area (Å²) < 4.78 is 0. The van der Waals surface area contributed by atoms with Crippen LogP contribution in [-0.2, 0) is 14.4 Å². The van der Waals surface area contributed by atoms with E-state index >= 15 is 0 Å². The lowest BCUT2D eigenvalue weighted by molar-refractivity contribution is -0.131. The van der Waals surface area contributed by atoms with E-state index in [2.05, 4.69) is 5.32 Å². The quantitative estimate of drug-likeness (QED) is 0.877. The predicted octanol–water partition coefficient (Wildman–Crippen LogP) is 2.05. The molecule has 140 valence electrons. The molecule has 2 heterocycles. The highest BCUT2D eigenvalue weighted by Crippen LogP contribution is 2.34. The Morgan fingerprint density at radius 2 is 1.96 bits per heavy atom. The summed E-state index contributed by atoms with van der Waals surface area (Å²) in [6.07, 6.45) is 4.35. The van der Waals surface area contributed by atoms with Gasteiger partial charge in [0.1, 0.15) is 0 Å². The first-order chi connectivity index (χ1) is 12.6. The van der Waals surface area contributed by atoms with Crippen molar-refractivity contribution in [2.45, 2.75) is 44.4 Å². The Labute approximate surface area is 154 Å². The Kier molecular flexibility index (Phi) is 5.91. The topological polar surface area (TPSA) is 69.7 Å². The molecule has 1 saturated heterocycles. The summed E-state index contributed by atoms with van der Waals surface area (Å²) in [6, 6.07) is 7.83. The van der Waals surface area contributed by atoms with Gasteiger partial charge in [0.05, 0.1) is 0 Å². The van der Waals surface area contributed by atoms with Gasteiger partial charge in [0.2, 0.25) is 17.7 Å². The fourth-order valence-corrected chi connectivity index (χ4v) is 3.75. The highest BCUT2D eigenvalue weighted by molar-refractivity contribution is 5.96. The molecule has 3 rings (SSSR count). The molecule has 0 spiro atoms. The molecule has 1 atom stereocenters. The number of hydrogen-bond donors (Lipinski definition) is 1. The molecule has 0 bridgehead atoms. The van der Waals surface area contributed by atoms with E-state index in [1.54, 1.807) is 16.8 Å². The van der Waals surface area contributed by atoms with Crippen molar-refractivity contribution in [3.8, 4) is 0 Å². The second-order valence-corrected chi connectivity index (χ2v) is 7.16. The van der Waals surface area contributed by atoms with Gasteiger partial charge in [0, 0.05) is 57.5 Å². The van der Waals surface area contributed by atoms with E-state index in [1.165, 1.54) is 0 Å². The molecule has 6 nitrogen and oxygen atoms in total. The predicted molar refractivity (Wildman–Crippen MR) is 99.9 cm³/mol. The number of carbonyl (C=O) groups is 3. The van der Waals surface area contributed by atoms with Gasteiger partial charge in [-0.15, -0.1) is 0 Å². The molecule has 26 heavy (non-hydrogen) atoms. The number of hydrogen-bond acceptors (Lipinski definition) is 3. The Hall–Kier alpha value is -2.37. The molecular weight excluding hydrogens is 330 g/mol. The van der Waals surface area contributed by atoms with E-state index in [0.29, 0.717) is 32.4 Å². The molecule has 3 amide bonds. The van der Waals surface area contributed by atoms with E-state index < -0.39 is 0 Å². The molecule has 0 aliphatic carbocycles. The minimum absolute atomic E-state index is 0.00123. The average molecular weight is 357 g/mol. The van der Waals surface area contributed by atoms with Crippen LogP contribution in [0.1, 0.15) is 50.0 Å². The molecular formula is C20H27N3O3. The van der Waals surface area contributed by atoms with E-state index in [0.717, 1.165) is 37.1 Å². The molecule has 0 radical (unpaired) electrons. The third kappa shape index (κ3) is 4.23. The van der Waals surface area contributed by atoms with Gasteiger partial charge in [0.25, 0.3) is 0 Å². The summed E-state index contributed by atoms with van der Waals surface area (Å²) in [5, 5.41) is 2.95. The molecule has 1 aromatic rings. The Morgan fingerprint density at radius 1 is 1.15 bits per heavy atom. The molecule has 2 aliphatic rings. The molecule has 1 N–H and O–H groups in total. The maximum Gasteiger partial charge on any atom is 0.227 e. The zero-order valence-corrected chi connectivity index (χ0v) is 15.4. The number of rotatable bonds is 5. The van der Waals surface area contributed by atoms with E-state index in [9.17, 15) is 14.4 Å². The molecule has 1 fully saturated rings. The Balaban J connectivity index is 1.52. The summed E-state index contributed by atoms with van der Waals surface area (Å²) >= 11 is 0. The number of benzene rings is 1. The number of para-hydroxylation sites is 1. The maximum absolute atomic E-state index is 12.2. The van der Waals surface area contributed by atoms with Gasteiger partial charge >= 0.3 is 0 Å². The van der Waals surface area contributed by atoms with Gasteiger partial charge in [-0.25, -0.2) is 0 Å². The zero-order valence-electron chi connectivity index (χ0n) is 15.4. The van der Waals surface area contributed by atoms with Crippen LogP contribution in [0.5, 0.6) is 0 Å². The first-order valence-electron chi connectivity index (χ1n) is 9.46. The van der Waals surface area contributed by atoms with Crippen molar-refractivity contribution in [3.05, 3.63) is 29.8 Å². The average Bonchev–Trinajstić information content (AvgIpc) is 2.86. The van der Waals surface area contributed by atoms with Crippen LogP contribution in [0.4, 0.5) is 5.69 Å². The third-order valence-corrected chi connectivity index (χ3v) is 5.36. The first-order valence-corrected chi connectivity index (χ1v) is 9.46. The van der Waals surface area contributed by atoms with E-state index in [-0.39, 0.29) is 23.6 Å². The Morgan fingerprint density at radius 3 is 2.81 bits per heavy atom. The van der Waals surface area contributed by atoms with Gasteiger partial charge < -0.3 is 15.1 Å². The van der Waals surface area contributed by atoms with Crippen molar-refractivity contribution in [2.24, 2.45) is 0 Å². The highest BCUT2D eigenvalue weighted by Gasteiger charge is 2.29. The van der Waals surface area contributed by atoms with Crippen LogP contribution in [0.2, 0.25) is 0 Å². The van der Waals surface area contributed by atoms with Crippen LogP contribution in [0.3, 0.4) is 0 Å². The summed E-state index contributed by atoms with van der Waals surface area (Å²) in [5.74, 6) is 0.160. The second-order valence-electron chi connectivity index (χ2n) is 7.16. The van der Waals surface area contributed by atoms with Gasteiger partial charge in [-0.05, 0) is 24.5 Å².